The molecule has 1 saturated heterocycles. The van der Waals surface area contributed by atoms with E-state index in [0.717, 1.165) is 57.8 Å². The highest BCUT2D eigenvalue weighted by Gasteiger charge is 2.29. The number of para-hydroxylation sites is 1. The van der Waals surface area contributed by atoms with Gasteiger partial charge in [0.15, 0.2) is 6.54 Å². The third kappa shape index (κ3) is 3.97. The summed E-state index contributed by atoms with van der Waals surface area (Å²) < 4.78 is 0. The minimum absolute atomic E-state index is 0.290. The van der Waals surface area contributed by atoms with E-state index >= 15 is 0 Å². The van der Waals surface area contributed by atoms with Gasteiger partial charge in [-0.3, -0.25) is 4.79 Å². The van der Waals surface area contributed by atoms with E-state index in [9.17, 15) is 4.79 Å². The van der Waals surface area contributed by atoms with Crippen LogP contribution < -0.4 is 14.7 Å². The van der Waals surface area contributed by atoms with Crippen LogP contribution in [0.25, 0.3) is 0 Å². The van der Waals surface area contributed by atoms with Crippen molar-refractivity contribution in [2.45, 2.75) is 19.4 Å². The van der Waals surface area contributed by atoms with Gasteiger partial charge in [0.05, 0.1) is 0 Å². The molecule has 1 amide bonds. The van der Waals surface area contributed by atoms with Gasteiger partial charge in [0.25, 0.3) is 5.91 Å². The molecule has 2 aliphatic rings. The van der Waals surface area contributed by atoms with Crippen LogP contribution in [0.1, 0.15) is 17.5 Å². The number of nitrogens with one attached hydrogen (secondary N) is 2. The fourth-order valence-electron chi connectivity index (χ4n) is 4.30. The lowest BCUT2D eigenvalue weighted by Crippen LogP contribution is -3.28. The molecule has 2 heterocycles. The smallest absolute Gasteiger partial charge is 0.282 e. The van der Waals surface area contributed by atoms with E-state index in [-0.39, 0.29) is 0 Å². The summed E-state index contributed by atoms with van der Waals surface area (Å²) in [5, 5.41) is 0. The van der Waals surface area contributed by atoms with Gasteiger partial charge in [-0.25, -0.2) is 0 Å². The summed E-state index contributed by atoms with van der Waals surface area (Å²) in [6.07, 6.45) is 2.17. The summed E-state index contributed by atoms with van der Waals surface area (Å²) in [6, 6.07) is 19.1. The lowest BCUT2D eigenvalue weighted by Gasteiger charge is -2.33. The van der Waals surface area contributed by atoms with Crippen LogP contribution >= 0.6 is 0 Å². The SMILES string of the molecule is O=C(C[NH+]1CC[NH+](Cc2ccccc2)CC1)N1CCCc2ccccc21. The second-order valence-corrected chi connectivity index (χ2v) is 7.62. The van der Waals surface area contributed by atoms with Crippen LogP contribution in [0.5, 0.6) is 0 Å². The summed E-state index contributed by atoms with van der Waals surface area (Å²) >= 11 is 0. The van der Waals surface area contributed by atoms with Gasteiger partial charge in [0.2, 0.25) is 0 Å². The van der Waals surface area contributed by atoms with Gasteiger partial charge in [0.1, 0.15) is 32.7 Å². The maximum absolute atomic E-state index is 12.9. The first-order valence-corrected chi connectivity index (χ1v) is 9.89. The molecule has 0 aromatic heterocycles. The molecule has 2 N–H and O–H groups in total. The van der Waals surface area contributed by atoms with Crippen LogP contribution in [0.4, 0.5) is 5.69 Å². The number of quaternary nitrogens is 2. The van der Waals surface area contributed by atoms with Gasteiger partial charge < -0.3 is 14.7 Å². The number of nitrogens with zero attached hydrogens (tertiary/aromatic N) is 1. The third-order valence-corrected chi connectivity index (χ3v) is 5.77. The summed E-state index contributed by atoms with van der Waals surface area (Å²) in [7, 11) is 0. The van der Waals surface area contributed by atoms with Crippen LogP contribution in [-0.4, -0.2) is 45.2 Å². The molecule has 0 atom stereocenters. The zero-order chi connectivity index (χ0) is 17.8. The van der Waals surface area contributed by atoms with E-state index in [0.29, 0.717) is 12.5 Å². The zero-order valence-electron chi connectivity index (χ0n) is 15.4. The number of carbonyl (C=O) groups excluding carboxylic acids is 1. The molecule has 4 heteroatoms. The number of rotatable bonds is 4. The summed E-state index contributed by atoms with van der Waals surface area (Å²) in [6.45, 7) is 7.07. The largest absolute Gasteiger partial charge is 0.322 e. The molecule has 26 heavy (non-hydrogen) atoms. The first-order valence-electron chi connectivity index (χ1n) is 9.89. The number of carbonyl (C=O) groups is 1. The van der Waals surface area contributed by atoms with Crippen molar-refractivity contribution in [1.29, 1.82) is 0 Å². The molecule has 0 aliphatic carbocycles. The number of anilines is 1. The van der Waals surface area contributed by atoms with E-state index in [4.69, 9.17) is 0 Å². The number of hydrogen-bond acceptors (Lipinski definition) is 1. The van der Waals surface area contributed by atoms with Crippen LogP contribution in [0, 0.1) is 0 Å². The maximum Gasteiger partial charge on any atom is 0.282 e. The monoisotopic (exact) mass is 351 g/mol. The van der Waals surface area contributed by atoms with E-state index in [1.54, 1.807) is 4.90 Å². The Balaban J connectivity index is 1.30. The number of benzene rings is 2. The molecule has 2 aliphatic heterocycles. The molecule has 4 rings (SSSR count). The van der Waals surface area contributed by atoms with Crippen molar-refractivity contribution in [1.82, 2.24) is 0 Å². The van der Waals surface area contributed by atoms with Crippen molar-refractivity contribution >= 4 is 11.6 Å². The maximum atomic E-state index is 12.9. The third-order valence-electron chi connectivity index (χ3n) is 5.77. The van der Waals surface area contributed by atoms with Crippen LogP contribution in [0.3, 0.4) is 0 Å². The van der Waals surface area contributed by atoms with Gasteiger partial charge >= 0.3 is 0 Å². The molecule has 136 valence electrons. The van der Waals surface area contributed by atoms with Gasteiger partial charge in [-0.05, 0) is 24.5 Å². The normalized spacial score (nSPS) is 22.7. The molecule has 0 saturated carbocycles. The molecule has 2 aromatic rings. The average molecular weight is 351 g/mol. The van der Waals surface area contributed by atoms with Gasteiger partial charge in [-0.1, -0.05) is 48.5 Å². The molecule has 0 radical (unpaired) electrons. The first-order chi connectivity index (χ1) is 12.8. The number of piperazine rings is 1. The second-order valence-electron chi connectivity index (χ2n) is 7.62. The van der Waals surface area contributed by atoms with Crippen LogP contribution in [0.2, 0.25) is 0 Å². The Morgan fingerprint density at radius 2 is 1.58 bits per heavy atom. The van der Waals surface area contributed by atoms with Crippen LogP contribution in [-0.2, 0) is 17.8 Å². The molecule has 0 spiro atoms. The van der Waals surface area contributed by atoms with E-state index in [2.05, 4.69) is 48.5 Å². The highest BCUT2D eigenvalue weighted by atomic mass is 16.2. The highest BCUT2D eigenvalue weighted by molar-refractivity contribution is 5.95. The van der Waals surface area contributed by atoms with E-state index in [1.807, 2.05) is 11.0 Å². The van der Waals surface area contributed by atoms with Crippen molar-refractivity contribution in [3.8, 4) is 0 Å². The minimum Gasteiger partial charge on any atom is -0.322 e. The van der Waals surface area contributed by atoms with Gasteiger partial charge in [0, 0.05) is 17.8 Å². The lowest BCUT2D eigenvalue weighted by molar-refractivity contribution is -1.02. The fourth-order valence-corrected chi connectivity index (χ4v) is 4.30. The first kappa shape index (κ1) is 17.3. The standard InChI is InChI=1S/C22H27N3O/c26-22(25-12-6-10-20-9-4-5-11-21(20)25)18-24-15-13-23(14-16-24)17-19-7-2-1-3-8-19/h1-5,7-9,11H,6,10,12-18H2/p+2. The van der Waals surface area contributed by atoms with E-state index in [1.165, 1.54) is 16.0 Å². The predicted octanol–water partition coefficient (Wildman–Crippen LogP) is -0.0506. The fraction of sp³-hybridized carbons (Fsp3) is 0.409. The Kier molecular flexibility index (Phi) is 5.32. The Bertz CT molecular complexity index is 738. The van der Waals surface area contributed by atoms with Crippen molar-refractivity contribution in [3.05, 3.63) is 65.7 Å². The molecule has 2 aromatic carbocycles. The van der Waals surface area contributed by atoms with Crippen molar-refractivity contribution in [2.75, 3.05) is 44.2 Å². The molecule has 0 bridgehead atoms. The lowest BCUT2D eigenvalue weighted by atomic mass is 10.0. The molecular formula is C22H29N3O+2. The zero-order valence-corrected chi connectivity index (χ0v) is 15.4. The molecule has 0 unspecified atom stereocenters. The Hall–Kier alpha value is -2.17. The van der Waals surface area contributed by atoms with Crippen molar-refractivity contribution < 1.29 is 14.6 Å². The molecule has 4 nitrogen and oxygen atoms in total. The number of fused-ring (bicyclic) bond motifs is 1. The number of hydrogen-bond donors (Lipinski definition) is 2. The van der Waals surface area contributed by atoms with Gasteiger partial charge in [-0.2, -0.15) is 0 Å². The quantitative estimate of drug-likeness (QED) is 0.795. The number of aryl methyl sites for hydroxylation is 1. The summed E-state index contributed by atoms with van der Waals surface area (Å²) in [5.41, 5.74) is 3.86. The Morgan fingerprint density at radius 1 is 0.885 bits per heavy atom. The average Bonchev–Trinajstić information content (AvgIpc) is 2.70. The van der Waals surface area contributed by atoms with Crippen molar-refractivity contribution in [3.63, 3.8) is 0 Å². The summed E-state index contributed by atoms with van der Waals surface area (Å²) in [4.78, 5) is 18.0. The van der Waals surface area contributed by atoms with Crippen LogP contribution in [0.15, 0.2) is 54.6 Å². The minimum atomic E-state index is 0.290. The number of amides is 1. The summed E-state index contributed by atoms with van der Waals surface area (Å²) in [5.74, 6) is 0.290. The van der Waals surface area contributed by atoms with E-state index < -0.39 is 0 Å². The topological polar surface area (TPSA) is 29.2 Å². The molecular weight excluding hydrogens is 322 g/mol. The Labute approximate surface area is 156 Å². The highest BCUT2D eigenvalue weighted by Crippen LogP contribution is 2.26. The van der Waals surface area contributed by atoms with Crippen molar-refractivity contribution in [2.24, 2.45) is 0 Å². The molecule has 1 fully saturated rings. The second kappa shape index (κ2) is 8.02. The predicted molar refractivity (Wildman–Crippen MR) is 104 cm³/mol. The Morgan fingerprint density at radius 3 is 2.38 bits per heavy atom. The van der Waals surface area contributed by atoms with Gasteiger partial charge in [-0.15, -0.1) is 0 Å².